The smallest absolute Gasteiger partial charge is 0.414 e. The fourth-order valence-electron chi connectivity index (χ4n) is 7.49. The number of carboxylic acids is 1. The average molecular weight is 1050 g/mol. The predicted octanol–water partition coefficient (Wildman–Crippen LogP) is 4.94. The molecule has 4 rings (SSSR count). The molecule has 23 nitrogen and oxygen atoms in total. The number of hydrogen-bond acceptors (Lipinski definition) is 14. The van der Waals surface area contributed by atoms with Crippen molar-refractivity contribution in [2.24, 2.45) is 10.9 Å². The van der Waals surface area contributed by atoms with Crippen molar-refractivity contribution in [3.8, 4) is 0 Å². The van der Waals surface area contributed by atoms with Crippen LogP contribution in [0.15, 0.2) is 52.4 Å². The monoisotopic (exact) mass is 1050 g/mol. The average Bonchev–Trinajstić information content (AvgIpc) is 3.31. The van der Waals surface area contributed by atoms with E-state index in [0.717, 1.165) is 6.07 Å². The number of nitrogens with zero attached hydrogens (tertiary/aromatic N) is 5. The molecule has 1 aromatic heterocycles. The Morgan fingerprint density at radius 3 is 1.97 bits per heavy atom. The van der Waals surface area contributed by atoms with Crippen molar-refractivity contribution in [3.63, 3.8) is 0 Å². The quantitative estimate of drug-likeness (QED) is 0.0560. The first kappa shape index (κ1) is 59.8. The minimum Gasteiger partial charge on any atom is -0.477 e. The lowest BCUT2D eigenvalue weighted by Crippen LogP contribution is -2.54. The number of aryl methyl sites for hydroxylation is 1. The first-order valence-electron chi connectivity index (χ1n) is 24.6. The lowest BCUT2D eigenvalue weighted by Gasteiger charge is -2.35. The summed E-state index contributed by atoms with van der Waals surface area (Å²) in [4.78, 5) is 125. The van der Waals surface area contributed by atoms with E-state index in [-0.39, 0.29) is 88.0 Å². The summed E-state index contributed by atoms with van der Waals surface area (Å²) in [5.74, 6) is -4.90. The second-order valence-electron chi connectivity index (χ2n) is 20.3. The van der Waals surface area contributed by atoms with Gasteiger partial charge in [-0.05, 0) is 97.1 Å². The van der Waals surface area contributed by atoms with Crippen LogP contribution in [0.5, 0.6) is 0 Å². The van der Waals surface area contributed by atoms with Gasteiger partial charge in [0.1, 0.15) is 41.3 Å². The van der Waals surface area contributed by atoms with Crippen molar-refractivity contribution in [2.45, 2.75) is 124 Å². The minimum atomic E-state index is -1.41. The number of carbonyl (C=O) groups is 8. The molecule has 3 aromatic rings. The molecule has 1 fully saturated rings. The molecule has 1 aliphatic heterocycles. The Labute approximate surface area is 434 Å². The highest BCUT2D eigenvalue weighted by Crippen LogP contribution is 2.27. The van der Waals surface area contributed by atoms with Crippen LogP contribution in [-0.2, 0) is 46.5 Å². The van der Waals surface area contributed by atoms with Gasteiger partial charge in [-0.1, -0.05) is 26.0 Å². The van der Waals surface area contributed by atoms with Crippen LogP contribution in [0.1, 0.15) is 104 Å². The van der Waals surface area contributed by atoms with Crippen molar-refractivity contribution in [1.82, 2.24) is 35.6 Å². The number of pyridine rings is 1. The second-order valence-corrected chi connectivity index (χ2v) is 20.3. The maximum Gasteiger partial charge on any atom is 0.414 e. The Balaban J connectivity index is 1.45. The van der Waals surface area contributed by atoms with Gasteiger partial charge < -0.3 is 54.5 Å². The van der Waals surface area contributed by atoms with E-state index in [1.54, 1.807) is 110 Å². The maximum absolute atomic E-state index is 15.4. The zero-order chi connectivity index (χ0) is 55.9. The number of carboxylic acid groups (broad SMARTS) is 1. The molecule has 2 heterocycles. The number of piperazine rings is 1. The number of halogens is 1. The van der Waals surface area contributed by atoms with E-state index in [1.165, 1.54) is 22.1 Å². The number of carbonyl (C=O) groups excluding carboxylic acids is 7. The van der Waals surface area contributed by atoms with Crippen LogP contribution in [0.4, 0.5) is 30.1 Å². The fourth-order valence-corrected chi connectivity index (χ4v) is 7.49. The molecule has 0 bridgehead atoms. The van der Waals surface area contributed by atoms with Gasteiger partial charge in [0, 0.05) is 83.5 Å². The van der Waals surface area contributed by atoms with Crippen molar-refractivity contribution in [2.75, 3.05) is 57.0 Å². The topological polar surface area (TPSA) is 289 Å². The van der Waals surface area contributed by atoms with Gasteiger partial charge in [-0.15, -0.1) is 0 Å². The molecular weight excluding hydrogens is 980 g/mol. The lowest BCUT2D eigenvalue weighted by molar-refractivity contribution is -0.132. The van der Waals surface area contributed by atoms with E-state index in [1.807, 2.05) is 0 Å². The van der Waals surface area contributed by atoms with Crippen LogP contribution in [0.25, 0.3) is 10.9 Å². The highest BCUT2D eigenvalue weighted by Gasteiger charge is 2.30. The fraction of sp³-hybridized carbons (Fsp3) is 0.529. The third-order valence-corrected chi connectivity index (χ3v) is 11.3. The van der Waals surface area contributed by atoms with Crippen molar-refractivity contribution >= 4 is 76.1 Å². The zero-order valence-electron chi connectivity index (χ0n) is 44.5. The number of anilines is 2. The van der Waals surface area contributed by atoms with Gasteiger partial charge in [-0.3, -0.25) is 39.6 Å². The molecular formula is C51H71FN10O13. The summed E-state index contributed by atoms with van der Waals surface area (Å²) < 4.78 is 33.2. The molecule has 0 radical (unpaired) electrons. The van der Waals surface area contributed by atoms with Crippen LogP contribution in [0.2, 0.25) is 0 Å². The van der Waals surface area contributed by atoms with Crippen LogP contribution < -0.4 is 36.9 Å². The molecule has 0 unspecified atom stereocenters. The van der Waals surface area contributed by atoms with Crippen molar-refractivity contribution < 1.29 is 62.1 Å². The number of ether oxygens (including phenoxy) is 3. The summed E-state index contributed by atoms with van der Waals surface area (Å²) in [5, 5.41) is 22.3. The summed E-state index contributed by atoms with van der Waals surface area (Å²) >= 11 is 0. The molecule has 1 aliphatic rings. The van der Waals surface area contributed by atoms with Crippen molar-refractivity contribution in [3.05, 3.63) is 69.8 Å². The van der Waals surface area contributed by atoms with Gasteiger partial charge in [-0.25, -0.2) is 23.6 Å². The van der Waals surface area contributed by atoms with E-state index in [0.29, 0.717) is 23.3 Å². The first-order chi connectivity index (χ1) is 35.0. The van der Waals surface area contributed by atoms with E-state index in [9.17, 15) is 48.3 Å². The predicted molar refractivity (Wildman–Crippen MR) is 277 cm³/mol. The number of hydrogen-bond donors (Lipinski definition) is 6. The van der Waals surface area contributed by atoms with Gasteiger partial charge in [0.25, 0.3) is 0 Å². The van der Waals surface area contributed by atoms with Crippen molar-refractivity contribution in [1.29, 1.82) is 0 Å². The van der Waals surface area contributed by atoms with Crippen LogP contribution >= 0.6 is 0 Å². The number of guanidine groups is 1. The molecule has 410 valence electrons. The number of benzene rings is 2. The van der Waals surface area contributed by atoms with Gasteiger partial charge >= 0.3 is 24.2 Å². The number of aromatic nitrogens is 1. The standard InChI is InChI=1S/C51H71FN10O13/c1-12-60-28-34(45(68)69)42(65)33-26-35(52)38(27-37(33)60)61-22-24-62(25-23-61)49(72)73-29-31-16-18-32(19-17-31)54-43(66)36(55-44(67)41(30(2)3)56-39(63)14-13-15-40(64)59(10)11)20-21-53-46(57-47(70)74-50(4,5)6)58-48(71)75-51(7,8)9/h16-19,26-28,30,36,41H,12-15,20-25,29H2,1-11H3,(H,54,66)(H,55,67)(H,56,63)(H,68,69)(H2,53,57,58,70,71)/t36-,41-/m0/s1. The molecule has 75 heavy (non-hydrogen) atoms. The molecule has 24 heteroatoms. The zero-order valence-corrected chi connectivity index (χ0v) is 44.5. The molecule has 6 N–H and O–H groups in total. The Morgan fingerprint density at radius 1 is 0.840 bits per heavy atom. The SMILES string of the molecule is CCn1cc(C(=O)O)c(=O)c2cc(F)c(N3CCN(C(=O)OCc4ccc(NC(=O)[C@H](CCN=C(NC(=O)OC(C)(C)C)NC(=O)OC(C)(C)C)NC(=O)[C@@H](NC(=O)CCCC(=O)N(C)C)C(C)C)cc4)CC3)cc21. The number of rotatable bonds is 18. The highest BCUT2D eigenvalue weighted by atomic mass is 19.1. The summed E-state index contributed by atoms with van der Waals surface area (Å²) in [7, 11) is 3.21. The van der Waals surface area contributed by atoms with E-state index in [4.69, 9.17) is 14.2 Å². The van der Waals surface area contributed by atoms with Crippen LogP contribution in [0, 0.1) is 11.7 Å². The summed E-state index contributed by atoms with van der Waals surface area (Å²) in [6.07, 6.45) is -1.09. The Kier molecular flexibility index (Phi) is 21.1. The van der Waals surface area contributed by atoms with Crippen LogP contribution in [0.3, 0.4) is 0 Å². The largest absolute Gasteiger partial charge is 0.477 e. The molecule has 0 aliphatic carbocycles. The molecule has 7 amide bonds. The number of aromatic carboxylic acids is 1. The Hall–Kier alpha value is -7.79. The van der Waals surface area contributed by atoms with E-state index >= 15 is 4.39 Å². The van der Waals surface area contributed by atoms with Gasteiger partial charge in [0.2, 0.25) is 35.0 Å². The third-order valence-electron chi connectivity index (χ3n) is 11.3. The maximum atomic E-state index is 15.4. The Bertz CT molecular complexity index is 2640. The first-order valence-corrected chi connectivity index (χ1v) is 24.6. The molecule has 2 atom stereocenters. The normalized spacial score (nSPS) is 13.5. The number of fused-ring (bicyclic) bond motifs is 1. The highest BCUT2D eigenvalue weighted by molar-refractivity contribution is 6.02. The molecule has 2 aromatic carbocycles. The summed E-state index contributed by atoms with van der Waals surface area (Å²) in [6.45, 7) is 15.8. The molecule has 1 saturated heterocycles. The van der Waals surface area contributed by atoms with Gasteiger partial charge in [0.15, 0.2) is 0 Å². The van der Waals surface area contributed by atoms with E-state index < -0.39 is 88.0 Å². The number of nitrogens with one attached hydrogen (secondary N) is 5. The van der Waals surface area contributed by atoms with Gasteiger partial charge in [0.05, 0.1) is 11.2 Å². The van der Waals surface area contributed by atoms with Gasteiger partial charge in [-0.2, -0.15) is 0 Å². The minimum absolute atomic E-state index is 0.0268. The van der Waals surface area contributed by atoms with Crippen LogP contribution in [-0.4, -0.2) is 143 Å². The molecule has 0 spiro atoms. The van der Waals surface area contributed by atoms with E-state index in [2.05, 4.69) is 31.6 Å². The third kappa shape index (κ3) is 18.6. The second kappa shape index (κ2) is 26.4. The Morgan fingerprint density at radius 2 is 1.44 bits per heavy atom. The molecule has 0 saturated carbocycles. The number of aliphatic imine (C=N–C) groups is 1. The number of amides is 7. The summed E-state index contributed by atoms with van der Waals surface area (Å²) in [6, 6.07) is 6.51. The number of alkyl carbamates (subject to hydrolysis) is 2. The summed E-state index contributed by atoms with van der Waals surface area (Å²) in [5.41, 5.74) is -1.60. The lowest BCUT2D eigenvalue weighted by atomic mass is 10.0.